The molecule has 0 radical (unpaired) electrons. The number of hydrogen-bond donors (Lipinski definition) is 7. The Hall–Kier alpha value is -3.51. The van der Waals surface area contributed by atoms with Gasteiger partial charge in [-0.3, -0.25) is 4.79 Å². The average Bonchev–Trinajstić information content (AvgIpc) is 3.03. The number of unbranched alkanes of at least 4 members (excludes halogenated alkanes) is 3. The molecule has 11 heteroatoms. The van der Waals surface area contributed by atoms with Crippen molar-refractivity contribution < 1.29 is 34.3 Å². The van der Waals surface area contributed by atoms with E-state index in [9.17, 15) is 20.1 Å². The van der Waals surface area contributed by atoms with Crippen molar-refractivity contribution in [2.45, 2.75) is 97.3 Å². The zero-order valence-electron chi connectivity index (χ0n) is 29.7. The number of phenols is 2. The van der Waals surface area contributed by atoms with E-state index in [1.54, 1.807) is 33.1 Å². The highest BCUT2D eigenvalue weighted by atomic mass is 16.5. The summed E-state index contributed by atoms with van der Waals surface area (Å²) in [5, 5.41) is 39.4. The summed E-state index contributed by atoms with van der Waals surface area (Å²) >= 11 is 0. The number of fused-ring (bicyclic) bond motifs is 1. The van der Waals surface area contributed by atoms with Gasteiger partial charge in [0.1, 0.15) is 28.4 Å². The van der Waals surface area contributed by atoms with E-state index in [1.807, 2.05) is 19.1 Å². The summed E-state index contributed by atoms with van der Waals surface area (Å²) < 4.78 is 16.8. The number of rotatable bonds is 21. The van der Waals surface area contributed by atoms with Crippen molar-refractivity contribution in [1.29, 1.82) is 0 Å². The van der Waals surface area contributed by atoms with Crippen molar-refractivity contribution in [2.75, 3.05) is 46.4 Å². The molecule has 0 fully saturated rings. The van der Waals surface area contributed by atoms with Crippen molar-refractivity contribution in [2.24, 2.45) is 5.73 Å². The molecule has 0 saturated carbocycles. The molecule has 1 atom stereocenters. The zero-order valence-corrected chi connectivity index (χ0v) is 29.7. The van der Waals surface area contributed by atoms with Gasteiger partial charge in [0, 0.05) is 18.7 Å². The molecule has 11 nitrogen and oxygen atoms in total. The summed E-state index contributed by atoms with van der Waals surface area (Å²) in [5.41, 5.74) is 5.74. The standard InChI is InChI=1S/C19H26O5.C18H34N4O2/c1-5-6-7-8-12(2)23-13-9-15(21)17-16(10-13)24-19(3,4)14(11-20)18(17)22;1-24-18-14-16(6-7-17(18)23)15-22-13-5-12-21-10-3-2-9-20-11-4-8-19/h9-12,20-21H,5-8H2,1-4H3;6-7,14,20-23H,2-5,8-13,15,19H2,1H3. The Bertz CT molecular complexity index is 1270. The third-order valence-electron chi connectivity index (χ3n) is 8.02. The predicted molar refractivity (Wildman–Crippen MR) is 192 cm³/mol. The lowest BCUT2D eigenvalue weighted by Crippen LogP contribution is -2.39. The van der Waals surface area contributed by atoms with Crippen molar-refractivity contribution in [3.63, 3.8) is 0 Å². The number of aromatic hydroxyl groups is 2. The first-order valence-electron chi connectivity index (χ1n) is 17.4. The highest BCUT2D eigenvalue weighted by Gasteiger charge is 2.40. The number of methoxy groups -OCH3 is 1. The van der Waals surface area contributed by atoms with Gasteiger partial charge in [-0.05, 0) is 116 Å². The van der Waals surface area contributed by atoms with Crippen LogP contribution in [0.4, 0.5) is 0 Å². The average molecular weight is 673 g/mol. The molecule has 1 heterocycles. The summed E-state index contributed by atoms with van der Waals surface area (Å²) in [6.45, 7) is 14.3. The number of phenolic OH excluding ortho intramolecular Hbond substituents is 2. The van der Waals surface area contributed by atoms with Crippen molar-refractivity contribution in [1.82, 2.24) is 16.0 Å². The number of carbonyl (C=O) groups is 1. The molecule has 0 bridgehead atoms. The second-order valence-corrected chi connectivity index (χ2v) is 12.6. The lowest BCUT2D eigenvalue weighted by atomic mass is 9.87. The van der Waals surface area contributed by atoms with Crippen LogP contribution < -0.4 is 35.9 Å². The van der Waals surface area contributed by atoms with Crippen LogP contribution in [0.5, 0.6) is 28.7 Å². The Morgan fingerprint density at radius 3 is 2.23 bits per heavy atom. The van der Waals surface area contributed by atoms with Crippen molar-refractivity contribution in [3.8, 4) is 28.7 Å². The number of ketones is 1. The molecule has 1 aliphatic heterocycles. The number of hydrogen-bond acceptors (Lipinski definition) is 11. The van der Waals surface area contributed by atoms with Crippen LogP contribution in [-0.2, 0) is 6.54 Å². The molecule has 270 valence electrons. The summed E-state index contributed by atoms with van der Waals surface area (Å²) in [7, 11) is 1.56. The smallest absolute Gasteiger partial charge is 0.203 e. The van der Waals surface area contributed by atoms with Gasteiger partial charge in [-0.1, -0.05) is 25.8 Å². The van der Waals surface area contributed by atoms with Gasteiger partial charge in [0.25, 0.3) is 0 Å². The van der Waals surface area contributed by atoms with Gasteiger partial charge in [-0.25, -0.2) is 0 Å². The number of benzene rings is 2. The molecule has 1 aliphatic rings. The molecule has 2 aromatic rings. The molecular weight excluding hydrogens is 612 g/mol. The minimum Gasteiger partial charge on any atom is -0.515 e. The Labute approximate surface area is 287 Å². The fourth-order valence-corrected chi connectivity index (χ4v) is 5.26. The van der Waals surface area contributed by atoms with E-state index in [0.717, 1.165) is 96.2 Å². The second kappa shape index (κ2) is 22.2. The van der Waals surface area contributed by atoms with Crippen LogP contribution in [0.25, 0.3) is 0 Å². The Morgan fingerprint density at radius 1 is 0.917 bits per heavy atom. The summed E-state index contributed by atoms with van der Waals surface area (Å²) in [5.74, 6) is 0.794. The molecule has 0 amide bonds. The maximum atomic E-state index is 12.5. The van der Waals surface area contributed by atoms with Crippen LogP contribution in [0.3, 0.4) is 0 Å². The van der Waals surface area contributed by atoms with Crippen LogP contribution >= 0.6 is 0 Å². The first-order valence-corrected chi connectivity index (χ1v) is 17.4. The molecule has 8 N–H and O–H groups in total. The number of nitrogens with one attached hydrogen (secondary N) is 3. The molecule has 2 aromatic carbocycles. The topological polar surface area (TPSA) is 168 Å². The fraction of sp³-hybridized carbons (Fsp3) is 0.595. The minimum atomic E-state index is -0.976. The number of aliphatic hydroxyl groups is 1. The van der Waals surface area contributed by atoms with Gasteiger partial charge in [0.15, 0.2) is 11.5 Å². The van der Waals surface area contributed by atoms with E-state index < -0.39 is 11.4 Å². The Kier molecular flexibility index (Phi) is 18.8. The van der Waals surface area contributed by atoms with Gasteiger partial charge >= 0.3 is 0 Å². The zero-order chi connectivity index (χ0) is 35.4. The summed E-state index contributed by atoms with van der Waals surface area (Å²) in [4.78, 5) is 12.5. The third-order valence-corrected chi connectivity index (χ3v) is 8.02. The Morgan fingerprint density at radius 2 is 1.58 bits per heavy atom. The normalized spacial score (nSPS) is 14.9. The van der Waals surface area contributed by atoms with E-state index >= 15 is 0 Å². The SMILES string of the molecule is CCCCCC(C)Oc1cc(O)c2c(c1)OC(C)(C)C(=CO)C2=O.COc1cc(CNCCCNCCCCNCCCN)ccc1O. The van der Waals surface area contributed by atoms with E-state index in [-0.39, 0.29) is 34.5 Å². The summed E-state index contributed by atoms with van der Waals surface area (Å²) in [6.07, 6.45) is 9.64. The molecule has 0 aromatic heterocycles. The molecule has 3 rings (SSSR count). The summed E-state index contributed by atoms with van der Waals surface area (Å²) in [6, 6.07) is 8.48. The quantitative estimate of drug-likeness (QED) is 0.0492. The van der Waals surface area contributed by atoms with Crippen LogP contribution in [-0.4, -0.2) is 79.2 Å². The van der Waals surface area contributed by atoms with Gasteiger partial charge in [0.05, 0.1) is 25.0 Å². The molecule has 0 spiro atoms. The fourth-order valence-electron chi connectivity index (χ4n) is 5.26. The van der Waals surface area contributed by atoms with E-state index in [4.69, 9.17) is 19.9 Å². The van der Waals surface area contributed by atoms with Gasteiger partial charge in [0.2, 0.25) is 5.78 Å². The second-order valence-electron chi connectivity index (χ2n) is 12.6. The van der Waals surface area contributed by atoms with Gasteiger partial charge in [-0.2, -0.15) is 0 Å². The Balaban J connectivity index is 0.000000333. The first kappa shape index (κ1) is 40.7. The number of Topliss-reactive ketones (excluding diaryl/α,β-unsaturated/α-hetero) is 1. The van der Waals surface area contributed by atoms with Crippen LogP contribution in [0.1, 0.15) is 95.0 Å². The lowest BCUT2D eigenvalue weighted by molar-refractivity contribution is 0.0836. The lowest BCUT2D eigenvalue weighted by Gasteiger charge is -2.33. The van der Waals surface area contributed by atoms with Crippen LogP contribution in [0, 0.1) is 0 Å². The van der Waals surface area contributed by atoms with Crippen LogP contribution in [0.15, 0.2) is 42.2 Å². The molecular formula is C37H60N4O7. The molecule has 0 aliphatic carbocycles. The van der Waals surface area contributed by atoms with E-state index in [0.29, 0.717) is 11.5 Å². The number of ether oxygens (including phenoxy) is 3. The number of aliphatic hydroxyl groups excluding tert-OH is 1. The van der Waals surface area contributed by atoms with Crippen molar-refractivity contribution >= 4 is 5.78 Å². The highest BCUT2D eigenvalue weighted by molar-refractivity contribution is 6.14. The highest BCUT2D eigenvalue weighted by Crippen LogP contribution is 2.43. The molecule has 0 saturated heterocycles. The first-order chi connectivity index (χ1) is 23.1. The maximum Gasteiger partial charge on any atom is 0.203 e. The largest absolute Gasteiger partial charge is 0.515 e. The molecule has 48 heavy (non-hydrogen) atoms. The van der Waals surface area contributed by atoms with E-state index in [2.05, 4.69) is 22.9 Å². The van der Waals surface area contributed by atoms with Crippen molar-refractivity contribution in [3.05, 3.63) is 53.3 Å². The minimum absolute atomic E-state index is 0.00852. The van der Waals surface area contributed by atoms with E-state index in [1.165, 1.54) is 18.9 Å². The van der Waals surface area contributed by atoms with Crippen LogP contribution in [0.2, 0.25) is 0 Å². The monoisotopic (exact) mass is 672 g/mol. The predicted octanol–water partition coefficient (Wildman–Crippen LogP) is 5.72. The van der Waals surface area contributed by atoms with Gasteiger partial charge < -0.3 is 51.2 Å². The third kappa shape index (κ3) is 13.9. The van der Waals surface area contributed by atoms with Gasteiger partial charge in [-0.15, -0.1) is 0 Å². The number of carbonyl (C=O) groups excluding carboxylic acids is 1. The maximum absolute atomic E-state index is 12.5. The molecule has 1 unspecified atom stereocenters. The number of nitrogens with two attached hydrogens (primary N) is 1.